The quantitative estimate of drug-likeness (QED) is 0.802. The van der Waals surface area contributed by atoms with Crippen LogP contribution in [0.3, 0.4) is 0 Å². The molecule has 1 rings (SSSR count). The molecule has 112 valence electrons. The highest BCUT2D eigenvalue weighted by Crippen LogP contribution is 2.17. The second-order valence-electron chi connectivity index (χ2n) is 5.11. The fraction of sp³-hybridized carbons (Fsp3) is 0.400. The van der Waals surface area contributed by atoms with Gasteiger partial charge in [0, 0.05) is 0 Å². The summed E-state index contributed by atoms with van der Waals surface area (Å²) < 4.78 is 4.82. The first-order valence-electron chi connectivity index (χ1n) is 6.47. The van der Waals surface area contributed by atoms with Crippen LogP contribution in [-0.2, 0) is 9.53 Å². The summed E-state index contributed by atoms with van der Waals surface area (Å²) in [6.07, 6.45) is 0. The van der Waals surface area contributed by atoms with E-state index in [1.54, 1.807) is 32.9 Å². The second kappa shape index (κ2) is 6.75. The van der Waals surface area contributed by atoms with Gasteiger partial charge in [-0.1, -0.05) is 26.0 Å². The third-order valence-electron chi connectivity index (χ3n) is 3.24. The normalized spacial score (nSPS) is 13.1. The average molecular weight is 290 g/mol. The Hall–Kier alpha value is -2.55. The number of esters is 1. The number of carbonyl (C=O) groups excluding carboxylic acids is 2. The van der Waals surface area contributed by atoms with Gasteiger partial charge in [0.05, 0.1) is 6.07 Å². The highest BCUT2D eigenvalue weighted by Gasteiger charge is 2.30. The molecule has 6 nitrogen and oxygen atoms in total. The molecule has 2 N–H and O–H groups in total. The highest BCUT2D eigenvalue weighted by atomic mass is 16.5. The molecule has 0 aliphatic carbocycles. The van der Waals surface area contributed by atoms with Crippen molar-refractivity contribution in [2.45, 2.75) is 26.3 Å². The zero-order valence-corrected chi connectivity index (χ0v) is 12.2. The van der Waals surface area contributed by atoms with Crippen molar-refractivity contribution in [3.05, 3.63) is 29.8 Å². The summed E-state index contributed by atoms with van der Waals surface area (Å²) >= 11 is 0. The maximum atomic E-state index is 11.7. The fourth-order valence-corrected chi connectivity index (χ4v) is 1.48. The molecule has 0 aromatic heterocycles. The number of hydrogen-bond donors (Lipinski definition) is 2. The van der Waals surface area contributed by atoms with Crippen molar-refractivity contribution in [3.63, 3.8) is 0 Å². The molecule has 0 unspecified atom stereocenters. The van der Waals surface area contributed by atoms with Crippen LogP contribution in [0.5, 0.6) is 5.75 Å². The van der Waals surface area contributed by atoms with Gasteiger partial charge in [0.1, 0.15) is 16.9 Å². The number of ether oxygens (including phenoxy) is 1. The fourth-order valence-electron chi connectivity index (χ4n) is 1.48. The molecule has 21 heavy (non-hydrogen) atoms. The van der Waals surface area contributed by atoms with Crippen LogP contribution in [0, 0.1) is 17.2 Å². The molecule has 0 aliphatic heterocycles. The summed E-state index contributed by atoms with van der Waals surface area (Å²) in [4.78, 5) is 23.5. The maximum Gasteiger partial charge on any atom is 0.342 e. The van der Waals surface area contributed by atoms with Crippen molar-refractivity contribution in [1.29, 1.82) is 5.26 Å². The molecule has 0 radical (unpaired) electrons. The highest BCUT2D eigenvalue weighted by molar-refractivity contribution is 5.93. The number of amides is 1. The van der Waals surface area contributed by atoms with Crippen molar-refractivity contribution in [2.24, 2.45) is 5.92 Å². The number of phenolic OH excluding ortho intramolecular Hbond substituents is 1. The molecular weight excluding hydrogens is 272 g/mol. The van der Waals surface area contributed by atoms with Crippen molar-refractivity contribution < 1.29 is 19.4 Å². The minimum Gasteiger partial charge on any atom is -0.507 e. The summed E-state index contributed by atoms with van der Waals surface area (Å²) in [6, 6.07) is 7.91. The Labute approximate surface area is 123 Å². The smallest absolute Gasteiger partial charge is 0.342 e. The molecule has 1 atom stereocenters. The summed E-state index contributed by atoms with van der Waals surface area (Å²) in [6.45, 7) is 4.69. The number of nitrogens with zero attached hydrogens (tertiary/aromatic N) is 1. The number of phenols is 1. The van der Waals surface area contributed by atoms with E-state index in [1.165, 1.54) is 12.1 Å². The molecule has 0 aliphatic rings. The van der Waals surface area contributed by atoms with Crippen molar-refractivity contribution in [1.82, 2.24) is 5.32 Å². The number of carbonyl (C=O) groups is 2. The van der Waals surface area contributed by atoms with E-state index in [1.807, 2.05) is 6.07 Å². The van der Waals surface area contributed by atoms with E-state index in [2.05, 4.69) is 5.32 Å². The van der Waals surface area contributed by atoms with Gasteiger partial charge in [-0.05, 0) is 25.0 Å². The number of rotatable bonds is 5. The molecule has 6 heteroatoms. The molecule has 1 aromatic carbocycles. The summed E-state index contributed by atoms with van der Waals surface area (Å²) in [5.41, 5.74) is -1.05. The van der Waals surface area contributed by atoms with Crippen molar-refractivity contribution in [2.75, 3.05) is 6.61 Å². The SMILES string of the molecule is CC(C)[C@](C)(C#N)NC(=O)COC(=O)c1ccccc1O. The maximum absolute atomic E-state index is 11.7. The van der Waals surface area contributed by atoms with Crippen LogP contribution in [0.2, 0.25) is 0 Å². The monoisotopic (exact) mass is 290 g/mol. The lowest BCUT2D eigenvalue weighted by Gasteiger charge is -2.27. The molecule has 0 saturated heterocycles. The van der Waals surface area contributed by atoms with Gasteiger partial charge in [-0.3, -0.25) is 4.79 Å². The largest absolute Gasteiger partial charge is 0.507 e. The predicted molar refractivity (Wildman–Crippen MR) is 75.4 cm³/mol. The predicted octanol–water partition coefficient (Wildman–Crippen LogP) is 1.60. The molecule has 0 spiro atoms. The molecule has 1 amide bonds. The first kappa shape index (κ1) is 16.5. The number of nitriles is 1. The lowest BCUT2D eigenvalue weighted by Crippen LogP contribution is -2.50. The lowest BCUT2D eigenvalue weighted by molar-refractivity contribution is -0.125. The molecule has 1 aromatic rings. The van der Waals surface area contributed by atoms with E-state index >= 15 is 0 Å². The van der Waals surface area contributed by atoms with Gasteiger partial charge < -0.3 is 15.2 Å². The molecule has 0 heterocycles. The van der Waals surface area contributed by atoms with E-state index in [0.717, 1.165) is 0 Å². The number of nitrogens with one attached hydrogen (secondary N) is 1. The second-order valence-corrected chi connectivity index (χ2v) is 5.11. The Balaban J connectivity index is 2.60. The average Bonchev–Trinajstić information content (AvgIpc) is 2.44. The van der Waals surface area contributed by atoms with Crippen LogP contribution in [0.4, 0.5) is 0 Å². The summed E-state index contributed by atoms with van der Waals surface area (Å²) in [5.74, 6) is -1.68. The van der Waals surface area contributed by atoms with E-state index in [4.69, 9.17) is 10.00 Å². The first-order valence-corrected chi connectivity index (χ1v) is 6.47. The molecular formula is C15H18N2O4. The van der Waals surface area contributed by atoms with Crippen molar-refractivity contribution >= 4 is 11.9 Å². The minimum atomic E-state index is -1.03. The minimum absolute atomic E-state index is 0.0165. The van der Waals surface area contributed by atoms with Gasteiger partial charge in [-0.2, -0.15) is 5.26 Å². The first-order chi connectivity index (χ1) is 9.80. The lowest BCUT2D eigenvalue weighted by atomic mass is 9.90. The Kier molecular flexibility index (Phi) is 5.30. The Morgan fingerprint density at radius 2 is 2.05 bits per heavy atom. The number of aromatic hydroxyl groups is 1. The third-order valence-corrected chi connectivity index (χ3v) is 3.24. The van der Waals surface area contributed by atoms with E-state index in [-0.39, 0.29) is 17.2 Å². The zero-order chi connectivity index (χ0) is 16.0. The van der Waals surface area contributed by atoms with Crippen LogP contribution in [0.15, 0.2) is 24.3 Å². The topological polar surface area (TPSA) is 99.4 Å². The van der Waals surface area contributed by atoms with Gasteiger partial charge in [-0.15, -0.1) is 0 Å². The molecule has 0 bridgehead atoms. The van der Waals surface area contributed by atoms with Gasteiger partial charge in [0.15, 0.2) is 6.61 Å². The van der Waals surface area contributed by atoms with Gasteiger partial charge >= 0.3 is 5.97 Å². The van der Waals surface area contributed by atoms with Crippen LogP contribution < -0.4 is 5.32 Å². The Bertz CT molecular complexity index is 577. The zero-order valence-electron chi connectivity index (χ0n) is 12.2. The van der Waals surface area contributed by atoms with E-state index in [0.29, 0.717) is 0 Å². The van der Waals surface area contributed by atoms with Gasteiger partial charge in [-0.25, -0.2) is 4.79 Å². The van der Waals surface area contributed by atoms with Crippen molar-refractivity contribution in [3.8, 4) is 11.8 Å². The van der Waals surface area contributed by atoms with Gasteiger partial charge in [0.25, 0.3) is 5.91 Å². The van der Waals surface area contributed by atoms with E-state index < -0.39 is 24.0 Å². The van der Waals surface area contributed by atoms with Crippen LogP contribution in [0.1, 0.15) is 31.1 Å². The molecule has 0 saturated carbocycles. The summed E-state index contributed by atoms with van der Waals surface area (Å²) in [7, 11) is 0. The Morgan fingerprint density at radius 1 is 1.43 bits per heavy atom. The van der Waals surface area contributed by atoms with Crippen LogP contribution in [-0.4, -0.2) is 29.1 Å². The summed E-state index contributed by atoms with van der Waals surface area (Å²) in [5, 5.41) is 21.1. The standard InChI is InChI=1S/C15H18N2O4/c1-10(2)15(3,9-16)17-13(19)8-21-14(20)11-6-4-5-7-12(11)18/h4-7,10,18H,8H2,1-3H3,(H,17,19)/t15-/m0/s1. The Morgan fingerprint density at radius 3 is 2.57 bits per heavy atom. The molecule has 0 fully saturated rings. The third kappa shape index (κ3) is 4.21. The number of benzene rings is 1. The van der Waals surface area contributed by atoms with Crippen LogP contribution >= 0.6 is 0 Å². The number of hydrogen-bond acceptors (Lipinski definition) is 5. The van der Waals surface area contributed by atoms with Gasteiger partial charge in [0.2, 0.25) is 0 Å². The van der Waals surface area contributed by atoms with Crippen LogP contribution in [0.25, 0.3) is 0 Å². The number of para-hydroxylation sites is 1. The van der Waals surface area contributed by atoms with E-state index in [9.17, 15) is 14.7 Å².